The number of nitriles is 1. The van der Waals surface area contributed by atoms with E-state index in [4.69, 9.17) is 9.68 Å². The van der Waals surface area contributed by atoms with Crippen molar-refractivity contribution < 1.29 is 9.21 Å². The van der Waals surface area contributed by atoms with Gasteiger partial charge in [-0.3, -0.25) is 0 Å². The van der Waals surface area contributed by atoms with Crippen LogP contribution in [0.15, 0.2) is 52.5 Å². The number of aromatic nitrogens is 1. The quantitative estimate of drug-likeness (QED) is 0.760. The molecular weight excluding hydrogens is 336 g/mol. The highest BCUT2D eigenvalue weighted by Crippen LogP contribution is 2.23. The lowest BCUT2D eigenvalue weighted by Gasteiger charge is -2.17. The molecule has 2 heterocycles. The molecule has 0 aliphatic rings. The van der Waals surface area contributed by atoms with Crippen molar-refractivity contribution in [3.63, 3.8) is 0 Å². The Bertz CT molecular complexity index is 896. The Balaban J connectivity index is 1.54. The minimum Gasteiger partial charge on any atom is -0.443 e. The highest BCUT2D eigenvalue weighted by Gasteiger charge is 2.12. The molecule has 0 bridgehead atoms. The number of rotatable bonds is 5. The van der Waals surface area contributed by atoms with Gasteiger partial charge in [-0.25, -0.2) is 9.78 Å². The van der Waals surface area contributed by atoms with Crippen LogP contribution in [0.4, 0.5) is 4.79 Å². The Morgan fingerprint density at radius 1 is 1.40 bits per heavy atom. The van der Waals surface area contributed by atoms with Gasteiger partial charge >= 0.3 is 6.03 Å². The lowest BCUT2D eigenvalue weighted by Crippen LogP contribution is -2.36. The number of hydrogen-bond donors (Lipinski definition) is 1. The van der Waals surface area contributed by atoms with Crippen molar-refractivity contribution in [2.24, 2.45) is 0 Å². The molecule has 0 saturated carbocycles. The number of carbonyl (C=O) groups excluding carboxylic acids is 1. The summed E-state index contributed by atoms with van der Waals surface area (Å²) >= 11 is 1.55. The highest BCUT2D eigenvalue weighted by atomic mass is 32.1. The Labute approximate surface area is 149 Å². The lowest BCUT2D eigenvalue weighted by atomic mass is 10.1. The van der Waals surface area contributed by atoms with E-state index in [2.05, 4.69) is 16.4 Å². The molecule has 0 atom stereocenters. The third-order valence-electron chi connectivity index (χ3n) is 3.53. The van der Waals surface area contributed by atoms with Crippen LogP contribution in [0.1, 0.15) is 16.8 Å². The molecule has 0 saturated heterocycles. The van der Waals surface area contributed by atoms with Crippen LogP contribution in [-0.2, 0) is 13.1 Å². The lowest BCUT2D eigenvalue weighted by molar-refractivity contribution is 0.206. The van der Waals surface area contributed by atoms with E-state index in [1.807, 2.05) is 23.6 Å². The molecule has 0 unspecified atom stereocenters. The molecule has 1 aromatic carbocycles. The predicted octanol–water partition coefficient (Wildman–Crippen LogP) is 3.62. The fourth-order valence-corrected chi connectivity index (χ4v) is 2.94. The van der Waals surface area contributed by atoms with Gasteiger partial charge in [0.25, 0.3) is 0 Å². The second-order valence-corrected chi connectivity index (χ2v) is 6.40. The van der Waals surface area contributed by atoms with Gasteiger partial charge < -0.3 is 14.6 Å². The molecule has 0 aliphatic carbocycles. The molecule has 0 fully saturated rings. The van der Waals surface area contributed by atoms with Crippen molar-refractivity contribution in [3.8, 4) is 16.8 Å². The smallest absolute Gasteiger partial charge is 0.317 e. The van der Waals surface area contributed by atoms with E-state index in [0.717, 1.165) is 10.4 Å². The van der Waals surface area contributed by atoms with Crippen molar-refractivity contribution in [1.29, 1.82) is 5.26 Å². The van der Waals surface area contributed by atoms with Crippen molar-refractivity contribution in [2.75, 3.05) is 7.05 Å². The van der Waals surface area contributed by atoms with Crippen LogP contribution in [0.25, 0.3) is 10.8 Å². The first-order valence-corrected chi connectivity index (χ1v) is 8.50. The van der Waals surface area contributed by atoms with E-state index in [9.17, 15) is 4.79 Å². The van der Waals surface area contributed by atoms with Crippen LogP contribution in [-0.4, -0.2) is 23.0 Å². The van der Waals surface area contributed by atoms with Gasteiger partial charge in [0.15, 0.2) is 0 Å². The Kier molecular flexibility index (Phi) is 5.11. The van der Waals surface area contributed by atoms with Crippen molar-refractivity contribution in [1.82, 2.24) is 15.2 Å². The van der Waals surface area contributed by atoms with Crippen LogP contribution in [0.5, 0.6) is 0 Å². The molecule has 6 nitrogen and oxygen atoms in total. The summed E-state index contributed by atoms with van der Waals surface area (Å²) in [6.45, 7) is 0.705. The second kappa shape index (κ2) is 7.64. The summed E-state index contributed by atoms with van der Waals surface area (Å²) in [5.74, 6) is 0.556. The number of hydrogen-bond acceptors (Lipinski definition) is 5. The average molecular weight is 352 g/mol. The fourth-order valence-electron chi connectivity index (χ4n) is 2.29. The largest absolute Gasteiger partial charge is 0.443 e. The second-order valence-electron chi connectivity index (χ2n) is 5.45. The fraction of sp³-hybridized carbons (Fsp3) is 0.167. The Morgan fingerprint density at radius 2 is 2.28 bits per heavy atom. The van der Waals surface area contributed by atoms with Crippen molar-refractivity contribution in [3.05, 3.63) is 64.9 Å². The van der Waals surface area contributed by atoms with Crippen LogP contribution in [0.2, 0.25) is 0 Å². The molecule has 0 aliphatic heterocycles. The molecule has 2 aromatic heterocycles. The van der Waals surface area contributed by atoms with E-state index in [1.165, 1.54) is 0 Å². The standard InChI is InChI=1S/C18H16N4O2S/c1-22(11-14-5-2-4-13(8-14)9-19)18(23)20-10-15-12-24-17(21-15)16-6-3-7-25-16/h2-8,12H,10-11H2,1H3,(H,20,23). The molecule has 0 radical (unpaired) electrons. The first-order chi connectivity index (χ1) is 12.2. The van der Waals surface area contributed by atoms with Gasteiger partial charge in [0.05, 0.1) is 28.7 Å². The zero-order chi connectivity index (χ0) is 17.6. The first-order valence-electron chi connectivity index (χ1n) is 7.62. The van der Waals surface area contributed by atoms with Gasteiger partial charge in [0, 0.05) is 13.6 Å². The zero-order valence-electron chi connectivity index (χ0n) is 13.6. The summed E-state index contributed by atoms with van der Waals surface area (Å²) in [6, 6.07) is 12.9. The molecule has 126 valence electrons. The van der Waals surface area contributed by atoms with Gasteiger partial charge in [-0.05, 0) is 29.1 Å². The summed E-state index contributed by atoms with van der Waals surface area (Å²) in [5, 5.41) is 13.7. The van der Waals surface area contributed by atoms with Gasteiger partial charge in [0.2, 0.25) is 5.89 Å². The molecule has 3 rings (SSSR count). The van der Waals surface area contributed by atoms with Crippen LogP contribution in [0, 0.1) is 11.3 Å². The molecule has 2 amide bonds. The van der Waals surface area contributed by atoms with Crippen LogP contribution >= 0.6 is 11.3 Å². The Morgan fingerprint density at radius 3 is 3.04 bits per heavy atom. The van der Waals surface area contributed by atoms with E-state index >= 15 is 0 Å². The molecule has 25 heavy (non-hydrogen) atoms. The minimum atomic E-state index is -0.219. The van der Waals surface area contributed by atoms with E-state index in [-0.39, 0.29) is 12.6 Å². The number of amides is 2. The number of carbonyl (C=O) groups is 1. The van der Waals surface area contributed by atoms with Gasteiger partial charge in [-0.1, -0.05) is 18.2 Å². The summed E-state index contributed by atoms with van der Waals surface area (Å²) in [7, 11) is 1.70. The normalized spacial score (nSPS) is 10.2. The topological polar surface area (TPSA) is 82.2 Å². The monoisotopic (exact) mass is 352 g/mol. The number of oxazole rings is 1. The van der Waals surface area contributed by atoms with Crippen LogP contribution < -0.4 is 5.32 Å². The molecule has 7 heteroatoms. The number of nitrogens with zero attached hydrogens (tertiary/aromatic N) is 3. The van der Waals surface area contributed by atoms with Gasteiger partial charge in [-0.2, -0.15) is 5.26 Å². The van der Waals surface area contributed by atoms with Crippen LogP contribution in [0.3, 0.4) is 0 Å². The maximum Gasteiger partial charge on any atom is 0.317 e. The van der Waals surface area contributed by atoms with Gasteiger partial charge in [0.1, 0.15) is 6.26 Å². The van der Waals surface area contributed by atoms with Gasteiger partial charge in [-0.15, -0.1) is 11.3 Å². The SMILES string of the molecule is CN(Cc1cccc(C#N)c1)C(=O)NCc1coc(-c2cccs2)n1. The maximum atomic E-state index is 12.2. The summed E-state index contributed by atoms with van der Waals surface area (Å²) in [6.07, 6.45) is 1.55. The number of thiophene rings is 1. The summed E-state index contributed by atoms with van der Waals surface area (Å²) in [5.41, 5.74) is 2.14. The number of urea groups is 1. The van der Waals surface area contributed by atoms with E-state index in [1.54, 1.807) is 47.7 Å². The summed E-state index contributed by atoms with van der Waals surface area (Å²) in [4.78, 5) is 19.1. The number of benzene rings is 1. The van der Waals surface area contributed by atoms with E-state index in [0.29, 0.717) is 23.7 Å². The Hall–Kier alpha value is -3.11. The number of nitrogens with one attached hydrogen (secondary N) is 1. The molecular formula is C18H16N4O2S. The van der Waals surface area contributed by atoms with Crippen molar-refractivity contribution in [2.45, 2.75) is 13.1 Å². The van der Waals surface area contributed by atoms with Crippen molar-refractivity contribution >= 4 is 17.4 Å². The molecule has 0 spiro atoms. The minimum absolute atomic E-state index is 0.219. The third kappa shape index (κ3) is 4.25. The zero-order valence-corrected chi connectivity index (χ0v) is 14.4. The van der Waals surface area contributed by atoms with E-state index < -0.39 is 0 Å². The highest BCUT2D eigenvalue weighted by molar-refractivity contribution is 7.13. The maximum absolute atomic E-state index is 12.2. The first kappa shape index (κ1) is 16.7. The average Bonchev–Trinajstić information content (AvgIpc) is 3.31. The predicted molar refractivity (Wildman–Crippen MR) is 94.7 cm³/mol. The third-order valence-corrected chi connectivity index (χ3v) is 4.38. The molecule has 3 aromatic rings. The summed E-state index contributed by atoms with van der Waals surface area (Å²) < 4.78 is 5.43. The molecule has 1 N–H and O–H groups in total.